The normalized spacial score (nSPS) is 18.5. The maximum Gasteiger partial charge on any atom is 0.264 e. The number of nitrogens with zero attached hydrogens (tertiary/aromatic N) is 1. The lowest BCUT2D eigenvalue weighted by atomic mass is 10.3. The molecule has 2 aromatic rings. The number of amides is 1. The van der Waals surface area contributed by atoms with Crippen molar-refractivity contribution in [2.75, 3.05) is 0 Å². The number of thioether (sulfide) groups is 1. The molecule has 0 saturated carbocycles. The number of aliphatic imine (C=N–C) groups is 1. The summed E-state index contributed by atoms with van der Waals surface area (Å²) in [7, 11) is 0. The number of benzene rings is 1. The Morgan fingerprint density at radius 1 is 1.27 bits per heavy atom. The van der Waals surface area contributed by atoms with Crippen molar-refractivity contribution in [2.45, 2.75) is 0 Å². The Morgan fingerprint density at radius 2 is 2.18 bits per heavy atom. The van der Waals surface area contributed by atoms with Gasteiger partial charge in [0.2, 0.25) is 0 Å². The summed E-state index contributed by atoms with van der Waals surface area (Å²) in [5.41, 5.74) is 0.454. The van der Waals surface area contributed by atoms with Crippen LogP contribution in [0.5, 0.6) is 0 Å². The van der Waals surface area contributed by atoms with E-state index >= 15 is 0 Å². The van der Waals surface area contributed by atoms with Crippen molar-refractivity contribution in [1.29, 1.82) is 0 Å². The van der Waals surface area contributed by atoms with Crippen LogP contribution in [0.3, 0.4) is 0 Å². The summed E-state index contributed by atoms with van der Waals surface area (Å²) < 4.78 is 18.3. The first kappa shape index (κ1) is 14.3. The first-order valence-electron chi connectivity index (χ1n) is 6.46. The van der Waals surface area contributed by atoms with Gasteiger partial charge in [-0.15, -0.1) is 0 Å². The van der Waals surface area contributed by atoms with Crippen LogP contribution in [-0.2, 0) is 4.79 Å². The summed E-state index contributed by atoms with van der Waals surface area (Å²) in [5, 5.41) is 3.07. The van der Waals surface area contributed by atoms with Gasteiger partial charge in [0.1, 0.15) is 11.6 Å². The lowest BCUT2D eigenvalue weighted by Gasteiger charge is -1.95. The lowest BCUT2D eigenvalue weighted by molar-refractivity contribution is -0.115. The molecule has 0 spiro atoms. The average Bonchev–Trinajstić information content (AvgIpc) is 3.10. The molecule has 2 heterocycles. The number of amidine groups is 1. The fraction of sp³-hybridized carbons (Fsp3) is 0. The maximum absolute atomic E-state index is 13.1. The zero-order chi connectivity index (χ0) is 15.4. The molecular formula is C16H11FN2O2S. The molecule has 1 N–H and O–H groups in total. The van der Waals surface area contributed by atoms with Gasteiger partial charge in [0, 0.05) is 0 Å². The topological polar surface area (TPSA) is 54.6 Å². The fourth-order valence-electron chi connectivity index (χ4n) is 1.77. The average molecular weight is 314 g/mol. The van der Waals surface area contributed by atoms with Gasteiger partial charge in [0.05, 0.1) is 16.9 Å². The van der Waals surface area contributed by atoms with Crippen molar-refractivity contribution in [3.63, 3.8) is 0 Å². The van der Waals surface area contributed by atoms with E-state index in [-0.39, 0.29) is 11.7 Å². The van der Waals surface area contributed by atoms with Crippen LogP contribution in [0.4, 0.5) is 10.1 Å². The van der Waals surface area contributed by atoms with Crippen LogP contribution in [-0.4, -0.2) is 11.1 Å². The van der Waals surface area contributed by atoms with E-state index < -0.39 is 0 Å². The summed E-state index contributed by atoms with van der Waals surface area (Å²) in [6, 6.07) is 9.48. The minimum atomic E-state index is -0.367. The van der Waals surface area contributed by atoms with Crippen LogP contribution < -0.4 is 5.32 Å². The third-order valence-electron chi connectivity index (χ3n) is 2.74. The number of halogens is 1. The number of rotatable bonds is 3. The van der Waals surface area contributed by atoms with E-state index in [4.69, 9.17) is 4.42 Å². The highest BCUT2D eigenvalue weighted by Crippen LogP contribution is 2.26. The minimum Gasteiger partial charge on any atom is -0.465 e. The second-order valence-corrected chi connectivity index (χ2v) is 5.39. The Labute approximate surface area is 130 Å². The molecule has 0 radical (unpaired) electrons. The van der Waals surface area contributed by atoms with E-state index in [1.54, 1.807) is 42.7 Å². The van der Waals surface area contributed by atoms with Crippen LogP contribution in [0, 0.1) is 5.82 Å². The number of carbonyl (C=O) groups excluding carboxylic acids is 1. The first-order chi connectivity index (χ1) is 10.7. The molecule has 1 aromatic carbocycles. The lowest BCUT2D eigenvalue weighted by Crippen LogP contribution is -2.19. The third kappa shape index (κ3) is 3.53. The molecule has 0 bridgehead atoms. The van der Waals surface area contributed by atoms with Crippen LogP contribution >= 0.6 is 11.8 Å². The molecule has 110 valence electrons. The van der Waals surface area contributed by atoms with Gasteiger partial charge in [-0.05, 0) is 54.2 Å². The number of hydrogen-bond donors (Lipinski definition) is 1. The molecule has 0 atom stereocenters. The summed E-state index contributed by atoms with van der Waals surface area (Å²) in [6.07, 6.45) is 6.73. The Kier molecular flexibility index (Phi) is 4.20. The van der Waals surface area contributed by atoms with Crippen molar-refractivity contribution in [2.24, 2.45) is 4.99 Å². The van der Waals surface area contributed by atoms with Crippen LogP contribution in [0.25, 0.3) is 6.08 Å². The zero-order valence-corrected chi connectivity index (χ0v) is 12.1. The van der Waals surface area contributed by atoms with Crippen LogP contribution in [0.2, 0.25) is 0 Å². The number of hydrogen-bond acceptors (Lipinski definition) is 4. The van der Waals surface area contributed by atoms with E-state index in [9.17, 15) is 9.18 Å². The predicted molar refractivity (Wildman–Crippen MR) is 85.1 cm³/mol. The molecule has 1 aliphatic rings. The molecule has 1 aromatic heterocycles. The van der Waals surface area contributed by atoms with Gasteiger partial charge in [-0.3, -0.25) is 4.79 Å². The second-order valence-electron chi connectivity index (χ2n) is 4.36. The number of furan rings is 1. The quantitative estimate of drug-likeness (QED) is 0.875. The SMILES string of the molecule is O=C1NC(=Nc2cccc(F)c2)SC1=CC=Cc1ccco1. The molecule has 3 rings (SSSR count). The predicted octanol–water partition coefficient (Wildman–Crippen LogP) is 3.87. The molecule has 1 fully saturated rings. The van der Waals surface area contributed by atoms with Gasteiger partial charge in [0.15, 0.2) is 5.17 Å². The van der Waals surface area contributed by atoms with E-state index in [2.05, 4.69) is 10.3 Å². The van der Waals surface area contributed by atoms with Gasteiger partial charge < -0.3 is 9.73 Å². The molecule has 0 aliphatic carbocycles. The largest absolute Gasteiger partial charge is 0.465 e. The molecular weight excluding hydrogens is 303 g/mol. The summed E-state index contributed by atoms with van der Waals surface area (Å²) >= 11 is 1.20. The van der Waals surface area contributed by atoms with Gasteiger partial charge in [0.25, 0.3) is 5.91 Å². The molecule has 4 nitrogen and oxygen atoms in total. The van der Waals surface area contributed by atoms with Gasteiger partial charge in [-0.25, -0.2) is 9.38 Å². The van der Waals surface area contributed by atoms with Crippen LogP contribution in [0.15, 0.2) is 69.1 Å². The molecule has 22 heavy (non-hydrogen) atoms. The monoisotopic (exact) mass is 314 g/mol. The van der Waals surface area contributed by atoms with E-state index in [1.165, 1.54) is 23.9 Å². The van der Waals surface area contributed by atoms with Gasteiger partial charge >= 0.3 is 0 Å². The van der Waals surface area contributed by atoms with Gasteiger partial charge in [-0.2, -0.15) is 0 Å². The first-order valence-corrected chi connectivity index (χ1v) is 7.28. The molecule has 1 aliphatic heterocycles. The molecule has 0 unspecified atom stereocenters. The van der Waals surface area contributed by atoms with E-state index in [1.807, 2.05) is 6.07 Å². The minimum absolute atomic E-state index is 0.232. The highest BCUT2D eigenvalue weighted by molar-refractivity contribution is 8.18. The Hall–Kier alpha value is -2.60. The van der Waals surface area contributed by atoms with Crippen molar-refractivity contribution < 1.29 is 13.6 Å². The molecule has 1 amide bonds. The van der Waals surface area contributed by atoms with Crippen molar-refractivity contribution in [1.82, 2.24) is 5.32 Å². The fourth-order valence-corrected chi connectivity index (χ4v) is 2.57. The van der Waals surface area contributed by atoms with Crippen molar-refractivity contribution >= 4 is 34.6 Å². The zero-order valence-electron chi connectivity index (χ0n) is 11.3. The molecule has 1 saturated heterocycles. The van der Waals surface area contributed by atoms with Crippen molar-refractivity contribution in [3.8, 4) is 0 Å². The number of allylic oxidation sites excluding steroid dienone is 2. The number of nitrogens with one attached hydrogen (secondary N) is 1. The highest BCUT2D eigenvalue weighted by Gasteiger charge is 2.23. The molecule has 6 heteroatoms. The maximum atomic E-state index is 13.1. The van der Waals surface area contributed by atoms with Gasteiger partial charge in [-0.1, -0.05) is 12.1 Å². The summed E-state index contributed by atoms with van der Waals surface area (Å²) in [4.78, 5) is 16.5. The summed E-state index contributed by atoms with van der Waals surface area (Å²) in [6.45, 7) is 0. The second kappa shape index (κ2) is 6.44. The van der Waals surface area contributed by atoms with E-state index in [0.29, 0.717) is 21.5 Å². The van der Waals surface area contributed by atoms with E-state index in [0.717, 1.165) is 0 Å². The standard InChI is InChI=1S/C16H11FN2O2S/c17-11-4-1-5-12(10-11)18-16-19-15(20)14(22-16)8-2-6-13-7-3-9-21-13/h1-10H,(H,18,19,20). The Balaban J connectivity index is 1.73. The Bertz CT molecular complexity index is 779. The summed E-state index contributed by atoms with van der Waals surface area (Å²) in [5.74, 6) is 0.103. The highest BCUT2D eigenvalue weighted by atomic mass is 32.2. The smallest absolute Gasteiger partial charge is 0.264 e. The number of carbonyl (C=O) groups is 1. The van der Waals surface area contributed by atoms with Crippen LogP contribution in [0.1, 0.15) is 5.76 Å². The third-order valence-corrected chi connectivity index (χ3v) is 3.67. The van der Waals surface area contributed by atoms with Crippen molar-refractivity contribution in [3.05, 3.63) is 71.3 Å². The Morgan fingerprint density at radius 3 is 2.95 bits per heavy atom.